The zero-order chi connectivity index (χ0) is 40.3. The van der Waals surface area contributed by atoms with Crippen LogP contribution in [0.5, 0.6) is 0 Å². The number of unbranched alkanes of at least 4 members (excludes halogenated alkanes) is 37. The van der Waals surface area contributed by atoms with Gasteiger partial charge in [-0.3, -0.25) is 9.32 Å². The van der Waals surface area contributed by atoms with E-state index in [9.17, 15) is 24.3 Å². The van der Waals surface area contributed by atoms with E-state index < -0.39 is 26.6 Å². The number of rotatable bonds is 46. The van der Waals surface area contributed by atoms with Crippen LogP contribution in [0, 0.1) is 0 Å². The summed E-state index contributed by atoms with van der Waals surface area (Å²) >= 11 is 0. The molecular formula is C47H96NO6P. The number of aliphatic hydroxyl groups is 1. The fraction of sp³-hybridized carbons (Fsp3) is 0.979. The molecule has 8 heteroatoms. The highest BCUT2D eigenvalue weighted by Gasteiger charge is 2.25. The van der Waals surface area contributed by atoms with E-state index in [1.807, 2.05) is 0 Å². The number of amides is 1. The molecule has 0 rings (SSSR count). The van der Waals surface area contributed by atoms with Crippen molar-refractivity contribution in [1.29, 1.82) is 0 Å². The van der Waals surface area contributed by atoms with Crippen LogP contribution in [0.4, 0.5) is 0 Å². The number of hydrogen-bond acceptors (Lipinski definition) is 4. The molecule has 0 saturated carbocycles. The van der Waals surface area contributed by atoms with Gasteiger partial charge in [0.1, 0.15) is 0 Å². The molecule has 0 unspecified atom stereocenters. The summed E-state index contributed by atoms with van der Waals surface area (Å²) in [6.07, 6.45) is 51.1. The Morgan fingerprint density at radius 1 is 0.455 bits per heavy atom. The van der Waals surface area contributed by atoms with Crippen LogP contribution < -0.4 is 5.32 Å². The summed E-state index contributed by atoms with van der Waals surface area (Å²) in [6, 6.07) is -0.818. The minimum atomic E-state index is -4.69. The Morgan fingerprint density at radius 2 is 0.709 bits per heavy atom. The first-order valence-corrected chi connectivity index (χ1v) is 26.0. The van der Waals surface area contributed by atoms with Gasteiger partial charge in [0.25, 0.3) is 0 Å². The fourth-order valence-electron chi connectivity index (χ4n) is 7.88. The van der Waals surface area contributed by atoms with Gasteiger partial charge in [0, 0.05) is 6.42 Å². The van der Waals surface area contributed by atoms with Crippen LogP contribution in [0.15, 0.2) is 0 Å². The number of phosphoric acid groups is 1. The lowest BCUT2D eigenvalue weighted by Crippen LogP contribution is -2.46. The molecule has 0 aromatic heterocycles. The molecule has 0 saturated heterocycles. The van der Waals surface area contributed by atoms with Crippen LogP contribution >= 0.6 is 7.82 Å². The van der Waals surface area contributed by atoms with Gasteiger partial charge in [-0.1, -0.05) is 258 Å². The Morgan fingerprint density at radius 3 is 0.982 bits per heavy atom. The normalized spacial score (nSPS) is 13.0. The average Bonchev–Trinajstić information content (AvgIpc) is 3.16. The topological polar surface area (TPSA) is 116 Å². The zero-order valence-corrected chi connectivity index (χ0v) is 37.8. The Labute approximate surface area is 342 Å². The molecule has 0 fully saturated rings. The smallest absolute Gasteiger partial charge is 0.391 e. The quantitative estimate of drug-likeness (QED) is 0.0360. The van der Waals surface area contributed by atoms with Gasteiger partial charge in [0.05, 0.1) is 18.8 Å². The van der Waals surface area contributed by atoms with E-state index in [1.165, 1.54) is 212 Å². The Bertz CT molecular complexity index is 823. The van der Waals surface area contributed by atoms with E-state index >= 15 is 0 Å². The molecule has 0 spiro atoms. The van der Waals surface area contributed by atoms with Crippen molar-refractivity contribution in [3.8, 4) is 0 Å². The maximum absolute atomic E-state index is 12.6. The molecule has 0 aromatic carbocycles. The second kappa shape index (κ2) is 43.1. The minimum Gasteiger partial charge on any atom is -0.391 e. The highest BCUT2D eigenvalue weighted by Crippen LogP contribution is 2.36. The number of nitrogens with one attached hydrogen (secondary N) is 1. The zero-order valence-electron chi connectivity index (χ0n) is 36.9. The summed E-state index contributed by atoms with van der Waals surface area (Å²) in [5.74, 6) is -0.187. The van der Waals surface area contributed by atoms with Crippen LogP contribution in [-0.4, -0.2) is 39.6 Å². The van der Waals surface area contributed by atoms with Crippen molar-refractivity contribution in [1.82, 2.24) is 5.32 Å². The molecule has 4 N–H and O–H groups in total. The Kier molecular flexibility index (Phi) is 42.8. The predicted octanol–water partition coefficient (Wildman–Crippen LogP) is 15.0. The van der Waals surface area contributed by atoms with Crippen molar-refractivity contribution < 1.29 is 28.8 Å². The van der Waals surface area contributed by atoms with Crippen LogP contribution in [0.1, 0.15) is 277 Å². The third-order valence-corrected chi connectivity index (χ3v) is 12.1. The predicted molar refractivity (Wildman–Crippen MR) is 237 cm³/mol. The van der Waals surface area contributed by atoms with Gasteiger partial charge in [-0.25, -0.2) is 4.57 Å². The number of hydrogen-bond donors (Lipinski definition) is 4. The van der Waals surface area contributed by atoms with Crippen molar-refractivity contribution in [3.05, 3.63) is 0 Å². The maximum atomic E-state index is 12.6. The average molecular weight is 802 g/mol. The number of phosphoric ester groups is 1. The first kappa shape index (κ1) is 54.5. The lowest BCUT2D eigenvalue weighted by atomic mass is 10.0. The van der Waals surface area contributed by atoms with E-state index in [0.29, 0.717) is 12.8 Å². The first-order valence-electron chi connectivity index (χ1n) is 24.5. The molecule has 330 valence electrons. The van der Waals surface area contributed by atoms with Crippen LogP contribution in [0.2, 0.25) is 0 Å². The van der Waals surface area contributed by atoms with Crippen molar-refractivity contribution >= 4 is 13.7 Å². The van der Waals surface area contributed by atoms with Gasteiger partial charge in [-0.05, 0) is 12.8 Å². The van der Waals surface area contributed by atoms with Gasteiger partial charge >= 0.3 is 7.82 Å². The molecule has 0 aliphatic heterocycles. The lowest BCUT2D eigenvalue weighted by Gasteiger charge is -2.24. The first-order chi connectivity index (χ1) is 26.8. The molecule has 0 heterocycles. The summed E-state index contributed by atoms with van der Waals surface area (Å²) in [6.45, 7) is 4.15. The Hall–Kier alpha value is -0.460. The van der Waals surface area contributed by atoms with Crippen LogP contribution in [-0.2, 0) is 13.9 Å². The van der Waals surface area contributed by atoms with E-state index in [4.69, 9.17) is 0 Å². The molecule has 0 bridgehead atoms. The van der Waals surface area contributed by atoms with Gasteiger partial charge in [0.2, 0.25) is 5.91 Å². The molecule has 0 radical (unpaired) electrons. The molecule has 2 atom stereocenters. The van der Waals surface area contributed by atoms with Crippen molar-refractivity contribution in [3.63, 3.8) is 0 Å². The third-order valence-electron chi connectivity index (χ3n) is 11.6. The monoisotopic (exact) mass is 802 g/mol. The highest BCUT2D eigenvalue weighted by molar-refractivity contribution is 7.46. The van der Waals surface area contributed by atoms with Gasteiger partial charge in [-0.15, -0.1) is 0 Å². The van der Waals surface area contributed by atoms with E-state index in [0.717, 1.165) is 38.5 Å². The lowest BCUT2D eigenvalue weighted by molar-refractivity contribution is -0.123. The van der Waals surface area contributed by atoms with E-state index in [-0.39, 0.29) is 5.91 Å². The summed E-state index contributed by atoms with van der Waals surface area (Å²) in [5.41, 5.74) is 0. The number of carbonyl (C=O) groups excluding carboxylic acids is 1. The van der Waals surface area contributed by atoms with Gasteiger partial charge in [0.15, 0.2) is 0 Å². The summed E-state index contributed by atoms with van der Waals surface area (Å²) < 4.78 is 16.0. The van der Waals surface area contributed by atoms with Gasteiger partial charge in [-0.2, -0.15) is 0 Å². The fourth-order valence-corrected chi connectivity index (χ4v) is 8.23. The molecule has 0 aliphatic rings. The standard InChI is InChI=1S/C47H96NO6P/c1-3-5-7-9-11-13-15-17-18-19-20-21-22-23-24-25-26-27-28-29-31-33-35-37-39-41-43-47(50)48-45(44-54-55(51,52)53)46(49)42-40-38-36-34-32-30-16-14-12-10-8-6-4-2/h45-46,49H,3-44H2,1-2H3,(H,48,50)(H2,51,52,53)/t45-,46+/m0/s1. The van der Waals surface area contributed by atoms with Crippen LogP contribution in [0.25, 0.3) is 0 Å². The van der Waals surface area contributed by atoms with Crippen molar-refractivity contribution in [2.75, 3.05) is 6.61 Å². The second-order valence-electron chi connectivity index (χ2n) is 17.1. The third kappa shape index (κ3) is 44.5. The second-order valence-corrected chi connectivity index (χ2v) is 18.4. The highest BCUT2D eigenvalue weighted by atomic mass is 31.2. The molecule has 7 nitrogen and oxygen atoms in total. The molecular weight excluding hydrogens is 705 g/mol. The molecule has 0 aromatic rings. The number of aliphatic hydroxyl groups excluding tert-OH is 1. The minimum absolute atomic E-state index is 0.187. The van der Waals surface area contributed by atoms with Crippen molar-refractivity contribution in [2.24, 2.45) is 0 Å². The van der Waals surface area contributed by atoms with Crippen LogP contribution in [0.3, 0.4) is 0 Å². The largest absolute Gasteiger partial charge is 0.469 e. The summed E-state index contributed by atoms with van der Waals surface area (Å²) in [7, 11) is -4.69. The SMILES string of the molecule is CCCCCCCCCCCCCCCCCCCCCCCCCCCCC(=O)N[C@@H](COP(=O)(O)O)[C@H](O)CCCCCCCCCCCCCCC. The van der Waals surface area contributed by atoms with Crippen molar-refractivity contribution in [2.45, 2.75) is 289 Å². The maximum Gasteiger partial charge on any atom is 0.469 e. The summed E-state index contributed by atoms with van der Waals surface area (Å²) in [5, 5.41) is 13.6. The summed E-state index contributed by atoms with van der Waals surface area (Å²) in [4.78, 5) is 31.0. The molecule has 55 heavy (non-hydrogen) atoms. The molecule has 0 aliphatic carbocycles. The Balaban J connectivity index is 3.71. The van der Waals surface area contributed by atoms with Gasteiger partial charge < -0.3 is 20.2 Å². The number of carbonyl (C=O) groups is 1. The molecule has 1 amide bonds. The van der Waals surface area contributed by atoms with E-state index in [2.05, 4.69) is 23.7 Å². The van der Waals surface area contributed by atoms with E-state index in [1.54, 1.807) is 0 Å².